The third-order valence-electron chi connectivity index (χ3n) is 2.88. The van der Waals surface area contributed by atoms with Crippen molar-refractivity contribution >= 4 is 5.95 Å². The molecule has 4 heteroatoms. The fourth-order valence-electron chi connectivity index (χ4n) is 1.97. The van der Waals surface area contributed by atoms with Crippen LogP contribution in [0.15, 0.2) is 18.5 Å². The van der Waals surface area contributed by atoms with Crippen molar-refractivity contribution in [1.29, 1.82) is 0 Å². The van der Waals surface area contributed by atoms with Gasteiger partial charge in [0.2, 0.25) is 5.95 Å². The first kappa shape index (κ1) is 9.40. The van der Waals surface area contributed by atoms with Crippen LogP contribution in [0.25, 0.3) is 0 Å². The van der Waals surface area contributed by atoms with Gasteiger partial charge in [-0.2, -0.15) is 0 Å². The zero-order chi connectivity index (χ0) is 9.97. The highest BCUT2D eigenvalue weighted by Gasteiger charge is 2.31. The highest BCUT2D eigenvalue weighted by Crippen LogP contribution is 2.26. The van der Waals surface area contributed by atoms with E-state index in [0.29, 0.717) is 5.92 Å². The lowest BCUT2D eigenvalue weighted by atomic mass is 10.0. The molecule has 0 bridgehead atoms. The van der Waals surface area contributed by atoms with Crippen molar-refractivity contribution in [3.8, 4) is 0 Å². The molecule has 1 N–H and O–H groups in total. The summed E-state index contributed by atoms with van der Waals surface area (Å²) in [4.78, 5) is 10.5. The average molecular weight is 193 g/mol. The Morgan fingerprint density at radius 1 is 1.50 bits per heavy atom. The van der Waals surface area contributed by atoms with Crippen molar-refractivity contribution in [3.63, 3.8) is 0 Å². The molecule has 1 saturated heterocycles. The molecule has 4 nitrogen and oxygen atoms in total. The molecule has 2 unspecified atom stereocenters. The van der Waals surface area contributed by atoms with Crippen molar-refractivity contribution in [2.75, 3.05) is 18.1 Å². The lowest BCUT2D eigenvalue weighted by Crippen LogP contribution is -2.36. The normalized spacial score (nSPS) is 26.9. The van der Waals surface area contributed by atoms with E-state index in [-0.39, 0.29) is 12.6 Å². The van der Waals surface area contributed by atoms with Crippen molar-refractivity contribution in [3.05, 3.63) is 18.5 Å². The summed E-state index contributed by atoms with van der Waals surface area (Å²) in [5.74, 6) is 1.25. The molecular formula is C10H15N3O. The van der Waals surface area contributed by atoms with Gasteiger partial charge in [0.25, 0.3) is 0 Å². The molecule has 0 aromatic carbocycles. The molecule has 0 radical (unpaired) electrons. The largest absolute Gasteiger partial charge is 0.394 e. The molecular weight excluding hydrogens is 178 g/mol. The van der Waals surface area contributed by atoms with Crippen LogP contribution in [0.3, 0.4) is 0 Å². The minimum atomic E-state index is 0.178. The first-order chi connectivity index (χ1) is 6.83. The number of hydrogen-bond acceptors (Lipinski definition) is 4. The topological polar surface area (TPSA) is 49.2 Å². The Morgan fingerprint density at radius 3 is 2.86 bits per heavy atom. The second-order valence-electron chi connectivity index (χ2n) is 3.76. The maximum Gasteiger partial charge on any atom is 0.225 e. The first-order valence-corrected chi connectivity index (χ1v) is 4.97. The highest BCUT2D eigenvalue weighted by atomic mass is 16.3. The van der Waals surface area contributed by atoms with Gasteiger partial charge in [0, 0.05) is 18.9 Å². The summed E-state index contributed by atoms with van der Waals surface area (Å²) in [5.41, 5.74) is 0. The minimum Gasteiger partial charge on any atom is -0.394 e. The van der Waals surface area contributed by atoms with Crippen LogP contribution in [-0.2, 0) is 0 Å². The van der Waals surface area contributed by atoms with E-state index in [1.807, 2.05) is 0 Å². The molecule has 1 aromatic heterocycles. The summed E-state index contributed by atoms with van der Waals surface area (Å²) >= 11 is 0. The van der Waals surface area contributed by atoms with Crippen LogP contribution in [0, 0.1) is 5.92 Å². The van der Waals surface area contributed by atoms with Gasteiger partial charge in [-0.25, -0.2) is 9.97 Å². The summed E-state index contributed by atoms with van der Waals surface area (Å²) in [7, 11) is 0. The van der Waals surface area contributed by atoms with Crippen LogP contribution in [-0.4, -0.2) is 34.3 Å². The molecule has 76 valence electrons. The Hall–Kier alpha value is -1.16. The molecule has 1 aliphatic heterocycles. The number of aliphatic hydroxyl groups excluding tert-OH is 1. The van der Waals surface area contributed by atoms with E-state index >= 15 is 0 Å². The summed E-state index contributed by atoms with van der Waals surface area (Å²) < 4.78 is 0. The molecule has 0 spiro atoms. The Bertz CT molecular complexity index is 291. The highest BCUT2D eigenvalue weighted by molar-refractivity contribution is 5.33. The lowest BCUT2D eigenvalue weighted by molar-refractivity contribution is 0.244. The molecule has 2 heterocycles. The fourth-order valence-corrected chi connectivity index (χ4v) is 1.97. The average Bonchev–Trinajstić information content (AvgIpc) is 2.61. The fraction of sp³-hybridized carbons (Fsp3) is 0.600. The third-order valence-corrected chi connectivity index (χ3v) is 2.88. The second-order valence-corrected chi connectivity index (χ2v) is 3.76. The van der Waals surface area contributed by atoms with Crippen molar-refractivity contribution < 1.29 is 5.11 Å². The zero-order valence-corrected chi connectivity index (χ0v) is 8.30. The maximum atomic E-state index is 9.27. The van der Waals surface area contributed by atoms with E-state index in [4.69, 9.17) is 0 Å². The molecule has 1 fully saturated rings. The van der Waals surface area contributed by atoms with Crippen LogP contribution in [0.5, 0.6) is 0 Å². The Kier molecular flexibility index (Phi) is 2.63. The molecule has 0 amide bonds. The van der Waals surface area contributed by atoms with Gasteiger partial charge in [0.05, 0.1) is 12.6 Å². The maximum absolute atomic E-state index is 9.27. The standard InChI is InChI=1S/C10H15N3O/c1-8-3-6-13(9(8)7-14)10-11-4-2-5-12-10/h2,4-5,8-9,14H,3,6-7H2,1H3. The molecule has 14 heavy (non-hydrogen) atoms. The Balaban J connectivity index is 2.19. The minimum absolute atomic E-state index is 0.178. The molecule has 1 aromatic rings. The number of rotatable bonds is 2. The number of nitrogens with zero attached hydrogens (tertiary/aromatic N) is 3. The number of aliphatic hydroxyl groups is 1. The molecule has 1 aliphatic rings. The quantitative estimate of drug-likeness (QED) is 0.750. The molecule has 2 atom stereocenters. The van der Waals surface area contributed by atoms with Gasteiger partial charge >= 0.3 is 0 Å². The van der Waals surface area contributed by atoms with Gasteiger partial charge in [-0.3, -0.25) is 0 Å². The predicted molar refractivity (Wildman–Crippen MR) is 54.0 cm³/mol. The summed E-state index contributed by atoms with van der Waals surface area (Å²) in [6, 6.07) is 1.98. The number of aromatic nitrogens is 2. The van der Waals surface area contributed by atoms with E-state index in [9.17, 15) is 5.11 Å². The van der Waals surface area contributed by atoms with Gasteiger partial charge < -0.3 is 10.0 Å². The van der Waals surface area contributed by atoms with Crippen LogP contribution >= 0.6 is 0 Å². The van der Waals surface area contributed by atoms with Crippen LogP contribution in [0.2, 0.25) is 0 Å². The second kappa shape index (κ2) is 3.92. The third kappa shape index (κ3) is 1.57. The first-order valence-electron chi connectivity index (χ1n) is 4.97. The SMILES string of the molecule is CC1CCN(c2ncccn2)C1CO. The molecule has 0 aliphatic carbocycles. The van der Waals surface area contributed by atoms with E-state index in [1.54, 1.807) is 18.5 Å². The van der Waals surface area contributed by atoms with E-state index in [0.717, 1.165) is 18.9 Å². The predicted octanol–water partition coefficient (Wildman–Crippen LogP) is 0.684. The summed E-state index contributed by atoms with van der Waals surface area (Å²) in [5, 5.41) is 9.27. The van der Waals surface area contributed by atoms with E-state index < -0.39 is 0 Å². The van der Waals surface area contributed by atoms with Gasteiger partial charge in [0.1, 0.15) is 0 Å². The van der Waals surface area contributed by atoms with E-state index in [1.165, 1.54) is 0 Å². The zero-order valence-electron chi connectivity index (χ0n) is 8.30. The molecule has 2 rings (SSSR count). The Morgan fingerprint density at radius 2 is 2.21 bits per heavy atom. The van der Waals surface area contributed by atoms with Crippen molar-refractivity contribution in [2.24, 2.45) is 5.92 Å². The van der Waals surface area contributed by atoms with Gasteiger partial charge in [-0.05, 0) is 18.4 Å². The van der Waals surface area contributed by atoms with Gasteiger partial charge in [0.15, 0.2) is 0 Å². The molecule has 0 saturated carbocycles. The summed E-state index contributed by atoms with van der Waals surface area (Å²) in [6.07, 6.45) is 4.57. The van der Waals surface area contributed by atoms with Gasteiger partial charge in [-0.15, -0.1) is 0 Å². The Labute approximate surface area is 83.6 Å². The van der Waals surface area contributed by atoms with Crippen LogP contribution in [0.1, 0.15) is 13.3 Å². The van der Waals surface area contributed by atoms with Crippen molar-refractivity contribution in [2.45, 2.75) is 19.4 Å². The van der Waals surface area contributed by atoms with Crippen LogP contribution < -0.4 is 4.90 Å². The smallest absolute Gasteiger partial charge is 0.225 e. The van der Waals surface area contributed by atoms with Crippen molar-refractivity contribution in [1.82, 2.24) is 9.97 Å². The number of anilines is 1. The van der Waals surface area contributed by atoms with Crippen LogP contribution in [0.4, 0.5) is 5.95 Å². The number of hydrogen-bond donors (Lipinski definition) is 1. The lowest BCUT2D eigenvalue weighted by Gasteiger charge is -2.24. The monoisotopic (exact) mass is 193 g/mol. The van der Waals surface area contributed by atoms with Gasteiger partial charge in [-0.1, -0.05) is 6.92 Å². The summed E-state index contributed by atoms with van der Waals surface area (Å²) in [6.45, 7) is 3.28. The van der Waals surface area contributed by atoms with E-state index in [2.05, 4.69) is 21.8 Å².